The minimum atomic E-state index is -4.04. The van der Waals surface area contributed by atoms with Crippen LogP contribution in [0.15, 0.2) is 89.8 Å². The van der Waals surface area contributed by atoms with Crippen molar-refractivity contribution in [2.75, 3.05) is 17.9 Å². The highest BCUT2D eigenvalue weighted by molar-refractivity contribution is 7.97. The summed E-state index contributed by atoms with van der Waals surface area (Å²) in [5.74, 6) is -0.518. The van der Waals surface area contributed by atoms with E-state index >= 15 is 0 Å². The van der Waals surface area contributed by atoms with Crippen LogP contribution in [-0.2, 0) is 21.4 Å². The molecule has 3 aromatic carbocycles. The van der Waals surface area contributed by atoms with Gasteiger partial charge in [0.25, 0.3) is 15.9 Å². The highest BCUT2D eigenvalue weighted by atomic mass is 32.2. The minimum Gasteiger partial charge on any atom is -0.337 e. The summed E-state index contributed by atoms with van der Waals surface area (Å²) in [4.78, 5) is 14.9. The third-order valence-electron chi connectivity index (χ3n) is 5.37. The van der Waals surface area contributed by atoms with Crippen molar-refractivity contribution in [1.29, 1.82) is 0 Å². The molecule has 0 aliphatic carbocycles. The number of hydrogen-bond acceptors (Lipinski definition) is 3. The summed E-state index contributed by atoms with van der Waals surface area (Å²) in [6, 6.07) is 26.1. The summed E-state index contributed by atoms with van der Waals surface area (Å²) in [6.07, 6.45) is 0. The van der Waals surface area contributed by atoms with E-state index in [1.165, 1.54) is 9.21 Å². The molecule has 158 valence electrons. The van der Waals surface area contributed by atoms with Gasteiger partial charge < -0.3 is 4.90 Å². The average molecular weight is 433 g/mol. The molecule has 1 aliphatic heterocycles. The Morgan fingerprint density at radius 3 is 2.10 bits per heavy atom. The predicted molar refractivity (Wildman–Crippen MR) is 124 cm³/mol. The third kappa shape index (κ3) is 3.75. The maximum absolute atomic E-state index is 13.7. The molecule has 0 aromatic heterocycles. The summed E-state index contributed by atoms with van der Waals surface area (Å²) in [6.45, 7) is 2.33. The van der Waals surface area contributed by atoms with Gasteiger partial charge >= 0.3 is 0 Å². The molecule has 1 heterocycles. The second-order valence-corrected chi connectivity index (χ2v) is 9.20. The average Bonchev–Trinajstić information content (AvgIpc) is 2.78. The molecule has 31 heavy (non-hydrogen) atoms. The van der Waals surface area contributed by atoms with Crippen molar-refractivity contribution < 1.29 is 13.2 Å². The number of anilines is 1. The van der Waals surface area contributed by atoms with E-state index in [2.05, 4.69) is 0 Å². The molecule has 0 unspecified atom stereocenters. The number of hydrogen-bond donors (Lipinski definition) is 0. The second-order valence-electron chi connectivity index (χ2n) is 7.40. The number of rotatable bonds is 5. The van der Waals surface area contributed by atoms with Crippen molar-refractivity contribution >= 4 is 27.2 Å². The van der Waals surface area contributed by atoms with E-state index in [4.69, 9.17) is 0 Å². The van der Waals surface area contributed by atoms with E-state index in [-0.39, 0.29) is 11.4 Å². The number of para-hydroxylation sites is 1. The molecule has 3 aromatic rings. The van der Waals surface area contributed by atoms with Crippen LogP contribution in [-0.4, -0.2) is 32.8 Å². The molecular formula is C25H24N2O3S. The lowest BCUT2D eigenvalue weighted by atomic mass is 9.95. The van der Waals surface area contributed by atoms with Crippen LogP contribution in [0.3, 0.4) is 0 Å². The number of fused-ring (bicyclic) bond motifs is 1. The Morgan fingerprint density at radius 2 is 1.45 bits per heavy atom. The van der Waals surface area contributed by atoms with Crippen molar-refractivity contribution in [2.24, 2.45) is 0 Å². The van der Waals surface area contributed by atoms with Crippen LogP contribution < -0.4 is 4.31 Å². The van der Waals surface area contributed by atoms with Crippen LogP contribution in [0, 0.1) is 0 Å². The van der Waals surface area contributed by atoms with E-state index in [0.717, 1.165) is 11.1 Å². The van der Waals surface area contributed by atoms with Crippen molar-refractivity contribution in [2.45, 2.75) is 13.5 Å². The maximum atomic E-state index is 13.7. The molecule has 6 heteroatoms. The first kappa shape index (κ1) is 20.9. The SMILES string of the molecule is CCN1c2ccccc2C(c2ccccc2)=C(C(=O)N(C)Cc2ccccc2)S1(=O)=O. The Balaban J connectivity index is 1.93. The number of nitrogens with zero attached hydrogens (tertiary/aromatic N) is 2. The van der Waals surface area contributed by atoms with E-state index < -0.39 is 15.9 Å². The monoisotopic (exact) mass is 432 g/mol. The van der Waals surface area contributed by atoms with Gasteiger partial charge in [0.05, 0.1) is 5.69 Å². The third-order valence-corrected chi connectivity index (χ3v) is 7.30. The first-order valence-electron chi connectivity index (χ1n) is 10.2. The Bertz CT molecular complexity index is 1240. The van der Waals surface area contributed by atoms with Crippen molar-refractivity contribution in [3.05, 3.63) is 107 Å². The standard InChI is InChI=1S/C25H24N2O3S/c1-3-27-22-17-11-10-16-21(22)23(20-14-8-5-9-15-20)24(31(27,29)30)25(28)26(2)18-19-12-6-4-7-13-19/h4-17H,3,18H2,1-2H3. The van der Waals surface area contributed by atoms with E-state index in [1.807, 2.05) is 78.9 Å². The molecule has 4 rings (SSSR count). The lowest BCUT2D eigenvalue weighted by molar-refractivity contribution is -0.125. The number of carbonyl (C=O) groups excluding carboxylic acids is 1. The topological polar surface area (TPSA) is 57.7 Å². The fourth-order valence-electron chi connectivity index (χ4n) is 3.94. The number of sulfonamides is 1. The molecule has 0 spiro atoms. The van der Waals surface area contributed by atoms with Crippen LogP contribution in [0.4, 0.5) is 5.69 Å². The van der Waals surface area contributed by atoms with E-state index in [0.29, 0.717) is 23.4 Å². The number of amides is 1. The molecular weight excluding hydrogens is 408 g/mol. The Morgan fingerprint density at radius 1 is 0.871 bits per heavy atom. The molecule has 0 bridgehead atoms. The van der Waals surface area contributed by atoms with Crippen LogP contribution >= 0.6 is 0 Å². The Kier molecular flexibility index (Phi) is 5.65. The van der Waals surface area contributed by atoms with Gasteiger partial charge in [0.15, 0.2) is 4.91 Å². The zero-order valence-electron chi connectivity index (χ0n) is 17.5. The normalized spacial score (nSPS) is 14.8. The van der Waals surface area contributed by atoms with Gasteiger partial charge in [-0.2, -0.15) is 0 Å². The number of benzene rings is 3. The summed E-state index contributed by atoms with van der Waals surface area (Å²) in [7, 11) is -2.40. The molecule has 5 nitrogen and oxygen atoms in total. The van der Waals surface area contributed by atoms with Gasteiger partial charge in [0.2, 0.25) is 0 Å². The summed E-state index contributed by atoms with van der Waals surface area (Å²) < 4.78 is 28.7. The van der Waals surface area contributed by atoms with Gasteiger partial charge in [-0.3, -0.25) is 9.10 Å². The van der Waals surface area contributed by atoms with Crippen LogP contribution in [0.5, 0.6) is 0 Å². The molecule has 1 amide bonds. The largest absolute Gasteiger partial charge is 0.337 e. The van der Waals surface area contributed by atoms with Crippen LogP contribution in [0.1, 0.15) is 23.6 Å². The minimum absolute atomic E-state index is 0.183. The van der Waals surface area contributed by atoms with Gasteiger partial charge in [-0.1, -0.05) is 78.9 Å². The molecule has 0 atom stereocenters. The first-order chi connectivity index (χ1) is 14.9. The lowest BCUT2D eigenvalue weighted by Crippen LogP contribution is -2.41. The lowest BCUT2D eigenvalue weighted by Gasteiger charge is -2.34. The highest BCUT2D eigenvalue weighted by Crippen LogP contribution is 2.43. The van der Waals surface area contributed by atoms with Gasteiger partial charge in [-0.15, -0.1) is 0 Å². The van der Waals surface area contributed by atoms with Crippen molar-refractivity contribution in [3.63, 3.8) is 0 Å². The van der Waals surface area contributed by atoms with Gasteiger partial charge in [-0.25, -0.2) is 8.42 Å². The number of likely N-dealkylation sites (N-methyl/N-ethyl adjacent to an activating group) is 1. The molecule has 0 N–H and O–H groups in total. The summed E-state index contributed by atoms with van der Waals surface area (Å²) >= 11 is 0. The molecule has 0 radical (unpaired) electrons. The zero-order chi connectivity index (χ0) is 22.0. The number of carbonyl (C=O) groups is 1. The van der Waals surface area contributed by atoms with Crippen LogP contribution in [0.2, 0.25) is 0 Å². The first-order valence-corrected chi connectivity index (χ1v) is 11.6. The fraction of sp³-hybridized carbons (Fsp3) is 0.160. The smallest absolute Gasteiger partial charge is 0.270 e. The van der Waals surface area contributed by atoms with Gasteiger partial charge in [-0.05, 0) is 24.1 Å². The summed E-state index contributed by atoms with van der Waals surface area (Å²) in [5.41, 5.74) is 3.41. The summed E-state index contributed by atoms with van der Waals surface area (Å²) in [5, 5.41) is 0. The Hall–Kier alpha value is -3.38. The maximum Gasteiger partial charge on any atom is 0.270 e. The van der Waals surface area contributed by atoms with E-state index in [1.54, 1.807) is 20.0 Å². The van der Waals surface area contributed by atoms with Gasteiger partial charge in [0, 0.05) is 31.3 Å². The fourth-order valence-corrected chi connectivity index (χ4v) is 5.79. The molecule has 0 saturated carbocycles. The van der Waals surface area contributed by atoms with Crippen molar-refractivity contribution in [1.82, 2.24) is 4.90 Å². The molecule has 0 fully saturated rings. The van der Waals surface area contributed by atoms with Crippen LogP contribution in [0.25, 0.3) is 5.57 Å². The Labute approximate surface area is 183 Å². The quantitative estimate of drug-likeness (QED) is 0.605. The predicted octanol–water partition coefficient (Wildman–Crippen LogP) is 4.27. The zero-order valence-corrected chi connectivity index (χ0v) is 18.3. The second kappa shape index (κ2) is 8.40. The highest BCUT2D eigenvalue weighted by Gasteiger charge is 2.41. The van der Waals surface area contributed by atoms with Crippen molar-refractivity contribution in [3.8, 4) is 0 Å². The van der Waals surface area contributed by atoms with E-state index in [9.17, 15) is 13.2 Å². The van der Waals surface area contributed by atoms with Gasteiger partial charge in [0.1, 0.15) is 0 Å². The molecule has 0 saturated heterocycles. The molecule has 1 aliphatic rings.